The number of nitrogens with two attached hydrogens (primary N) is 2. The predicted molar refractivity (Wildman–Crippen MR) is 111 cm³/mol. The molecular formula is C20H28N4O3S. The lowest BCUT2D eigenvalue weighted by atomic mass is 10.0. The Morgan fingerprint density at radius 3 is 2.36 bits per heavy atom. The predicted octanol–water partition coefficient (Wildman–Crippen LogP) is 1.60. The van der Waals surface area contributed by atoms with Crippen LogP contribution in [0.4, 0.5) is 0 Å². The van der Waals surface area contributed by atoms with Crippen molar-refractivity contribution < 1.29 is 13.5 Å². The van der Waals surface area contributed by atoms with Crippen molar-refractivity contribution >= 4 is 15.9 Å². The molecular weight excluding hydrogens is 376 g/mol. The summed E-state index contributed by atoms with van der Waals surface area (Å²) in [5, 5.41) is 17.5. The van der Waals surface area contributed by atoms with Crippen molar-refractivity contribution in [2.24, 2.45) is 11.5 Å². The molecule has 28 heavy (non-hydrogen) atoms. The van der Waals surface area contributed by atoms with Gasteiger partial charge in [-0.25, -0.2) is 8.42 Å². The van der Waals surface area contributed by atoms with Crippen LogP contribution in [0.5, 0.6) is 0 Å². The van der Waals surface area contributed by atoms with Crippen LogP contribution in [0, 0.1) is 5.41 Å². The zero-order valence-electron chi connectivity index (χ0n) is 16.2. The summed E-state index contributed by atoms with van der Waals surface area (Å²) in [5.41, 5.74) is 13.2. The number of nitrogen functional groups attached to an aromatic ring is 1. The molecule has 0 bridgehead atoms. The number of nitrogens with one attached hydrogen (secondary N) is 1. The summed E-state index contributed by atoms with van der Waals surface area (Å²) >= 11 is 0. The van der Waals surface area contributed by atoms with E-state index in [1.807, 2.05) is 13.8 Å². The van der Waals surface area contributed by atoms with E-state index in [0.29, 0.717) is 17.0 Å². The zero-order chi connectivity index (χ0) is 20.9. The SMILES string of the molecule is CC(C)c1ccc(S(=O)(=O)N(Cc2cccc(C(=N)N)c2)CC(O)CN)cc1. The van der Waals surface area contributed by atoms with Gasteiger partial charge >= 0.3 is 0 Å². The molecule has 2 aromatic rings. The van der Waals surface area contributed by atoms with Crippen molar-refractivity contribution in [3.8, 4) is 0 Å². The maximum atomic E-state index is 13.2. The Morgan fingerprint density at radius 1 is 1.18 bits per heavy atom. The monoisotopic (exact) mass is 404 g/mol. The smallest absolute Gasteiger partial charge is 0.243 e. The van der Waals surface area contributed by atoms with Crippen molar-refractivity contribution in [3.63, 3.8) is 0 Å². The third-order valence-corrected chi connectivity index (χ3v) is 6.29. The number of nitrogens with zero attached hydrogens (tertiary/aromatic N) is 1. The van der Waals surface area contributed by atoms with Gasteiger partial charge in [-0.05, 0) is 35.2 Å². The van der Waals surface area contributed by atoms with Gasteiger partial charge in [0.1, 0.15) is 5.84 Å². The number of aliphatic hydroxyl groups is 1. The summed E-state index contributed by atoms with van der Waals surface area (Å²) in [6, 6.07) is 13.6. The van der Waals surface area contributed by atoms with Gasteiger partial charge in [0, 0.05) is 25.2 Å². The van der Waals surface area contributed by atoms with Crippen LogP contribution in [0.3, 0.4) is 0 Å². The Hall–Kier alpha value is -2.26. The summed E-state index contributed by atoms with van der Waals surface area (Å²) < 4.78 is 27.6. The van der Waals surface area contributed by atoms with Crippen molar-refractivity contribution in [2.75, 3.05) is 13.1 Å². The first-order valence-electron chi connectivity index (χ1n) is 9.06. The molecule has 0 aliphatic rings. The highest BCUT2D eigenvalue weighted by atomic mass is 32.2. The number of hydrogen-bond donors (Lipinski definition) is 4. The van der Waals surface area contributed by atoms with Crippen LogP contribution in [-0.2, 0) is 16.6 Å². The summed E-state index contributed by atoms with van der Waals surface area (Å²) in [4.78, 5) is 0.156. The Balaban J connectivity index is 2.38. The normalized spacial score (nSPS) is 13.1. The average Bonchev–Trinajstić information content (AvgIpc) is 2.67. The van der Waals surface area contributed by atoms with E-state index in [1.165, 1.54) is 4.31 Å². The van der Waals surface area contributed by atoms with Crippen molar-refractivity contribution in [1.82, 2.24) is 4.31 Å². The molecule has 0 spiro atoms. The highest BCUT2D eigenvalue weighted by Crippen LogP contribution is 2.22. The Bertz CT molecular complexity index is 911. The van der Waals surface area contributed by atoms with Gasteiger partial charge in [0.15, 0.2) is 0 Å². The minimum absolute atomic E-state index is 0.0342. The Kier molecular flexibility index (Phi) is 7.31. The number of amidine groups is 1. The molecule has 0 aliphatic heterocycles. The molecule has 0 saturated heterocycles. The molecule has 0 amide bonds. The molecule has 7 nitrogen and oxygen atoms in total. The van der Waals surface area contributed by atoms with Gasteiger partial charge in [-0.3, -0.25) is 5.41 Å². The molecule has 1 unspecified atom stereocenters. The summed E-state index contributed by atoms with van der Waals surface area (Å²) in [6.07, 6.45) is -0.985. The Labute approximate surface area is 166 Å². The van der Waals surface area contributed by atoms with Crippen LogP contribution in [0.2, 0.25) is 0 Å². The van der Waals surface area contributed by atoms with Gasteiger partial charge in [-0.1, -0.05) is 44.2 Å². The fourth-order valence-corrected chi connectivity index (χ4v) is 4.24. The maximum Gasteiger partial charge on any atom is 0.243 e. The lowest BCUT2D eigenvalue weighted by Crippen LogP contribution is -2.40. The van der Waals surface area contributed by atoms with E-state index in [-0.39, 0.29) is 30.4 Å². The molecule has 8 heteroatoms. The second kappa shape index (κ2) is 9.29. The quantitative estimate of drug-likeness (QED) is 0.372. The van der Waals surface area contributed by atoms with E-state index in [2.05, 4.69) is 0 Å². The van der Waals surface area contributed by atoms with Gasteiger partial charge in [0.2, 0.25) is 10.0 Å². The molecule has 0 heterocycles. The third-order valence-electron chi connectivity index (χ3n) is 4.47. The molecule has 0 saturated carbocycles. The summed E-state index contributed by atoms with van der Waals surface area (Å²) in [7, 11) is -3.85. The highest BCUT2D eigenvalue weighted by molar-refractivity contribution is 7.89. The maximum absolute atomic E-state index is 13.2. The molecule has 152 valence electrons. The van der Waals surface area contributed by atoms with Crippen molar-refractivity contribution in [1.29, 1.82) is 5.41 Å². The Morgan fingerprint density at radius 2 is 1.82 bits per heavy atom. The first kappa shape index (κ1) is 22.0. The van der Waals surface area contributed by atoms with E-state index in [9.17, 15) is 13.5 Å². The van der Waals surface area contributed by atoms with Gasteiger partial charge in [-0.2, -0.15) is 4.31 Å². The summed E-state index contributed by atoms with van der Waals surface area (Å²) in [6.45, 7) is 3.93. The van der Waals surface area contributed by atoms with E-state index < -0.39 is 16.1 Å². The largest absolute Gasteiger partial charge is 0.390 e. The van der Waals surface area contributed by atoms with Gasteiger partial charge in [0.05, 0.1) is 11.0 Å². The first-order valence-corrected chi connectivity index (χ1v) is 10.5. The van der Waals surface area contributed by atoms with Crippen LogP contribution >= 0.6 is 0 Å². The molecule has 6 N–H and O–H groups in total. The second-order valence-electron chi connectivity index (χ2n) is 7.02. The fourth-order valence-electron chi connectivity index (χ4n) is 2.77. The van der Waals surface area contributed by atoms with Gasteiger partial charge in [0.25, 0.3) is 0 Å². The van der Waals surface area contributed by atoms with Crippen molar-refractivity contribution in [3.05, 3.63) is 65.2 Å². The topological polar surface area (TPSA) is 134 Å². The van der Waals surface area contributed by atoms with Crippen molar-refractivity contribution in [2.45, 2.75) is 37.3 Å². The molecule has 2 aromatic carbocycles. The molecule has 1 atom stereocenters. The minimum Gasteiger partial charge on any atom is -0.390 e. The molecule has 0 fully saturated rings. The van der Waals surface area contributed by atoms with E-state index in [0.717, 1.165) is 5.56 Å². The van der Waals surface area contributed by atoms with Crippen LogP contribution in [0.15, 0.2) is 53.4 Å². The van der Waals surface area contributed by atoms with Crippen LogP contribution in [0.25, 0.3) is 0 Å². The standard InChI is InChI=1S/C20H28N4O3S/c1-14(2)16-6-8-19(9-7-16)28(26,27)24(13-18(25)11-21)12-15-4-3-5-17(10-15)20(22)23/h3-10,14,18,25H,11-13,21H2,1-2H3,(H3,22,23). The number of rotatable bonds is 9. The number of benzene rings is 2. The van der Waals surface area contributed by atoms with Crippen LogP contribution < -0.4 is 11.5 Å². The van der Waals surface area contributed by atoms with Crippen LogP contribution in [-0.4, -0.2) is 42.9 Å². The number of aliphatic hydroxyl groups excluding tert-OH is 1. The lowest BCUT2D eigenvalue weighted by Gasteiger charge is -2.25. The molecule has 2 rings (SSSR count). The third kappa shape index (κ3) is 5.39. The van der Waals surface area contributed by atoms with E-state index >= 15 is 0 Å². The first-order chi connectivity index (χ1) is 13.1. The fraction of sp³-hybridized carbons (Fsp3) is 0.350. The minimum atomic E-state index is -3.85. The number of sulfonamides is 1. The van der Waals surface area contributed by atoms with Gasteiger partial charge in [-0.15, -0.1) is 0 Å². The van der Waals surface area contributed by atoms with E-state index in [4.69, 9.17) is 16.9 Å². The van der Waals surface area contributed by atoms with Gasteiger partial charge < -0.3 is 16.6 Å². The summed E-state index contributed by atoms with van der Waals surface area (Å²) in [5.74, 6) is 0.198. The second-order valence-corrected chi connectivity index (χ2v) is 8.96. The zero-order valence-corrected chi connectivity index (χ0v) is 17.0. The molecule has 0 radical (unpaired) electrons. The van der Waals surface area contributed by atoms with E-state index in [1.54, 1.807) is 48.5 Å². The average molecular weight is 405 g/mol. The molecule has 0 aliphatic carbocycles. The van der Waals surface area contributed by atoms with Crippen LogP contribution in [0.1, 0.15) is 36.5 Å². The highest BCUT2D eigenvalue weighted by Gasteiger charge is 2.27. The molecule has 0 aromatic heterocycles. The lowest BCUT2D eigenvalue weighted by molar-refractivity contribution is 0.151. The number of hydrogen-bond acceptors (Lipinski definition) is 5.